The lowest BCUT2D eigenvalue weighted by Crippen LogP contribution is -1.96. The molecule has 0 amide bonds. The molecule has 0 unspecified atom stereocenters. The van der Waals surface area contributed by atoms with Gasteiger partial charge in [0.15, 0.2) is 17.3 Å². The number of nitrogens with one attached hydrogen (secondary N) is 1. The molecule has 0 atom stereocenters. The normalized spacial score (nSPS) is 11.2. The van der Waals surface area contributed by atoms with Crippen LogP contribution < -0.4 is 10.2 Å². The van der Waals surface area contributed by atoms with Crippen molar-refractivity contribution in [1.82, 2.24) is 9.97 Å². The fourth-order valence-electron chi connectivity index (χ4n) is 2.84. The molecule has 0 aliphatic heterocycles. The van der Waals surface area contributed by atoms with Crippen LogP contribution >= 0.6 is 11.3 Å². The summed E-state index contributed by atoms with van der Waals surface area (Å²) < 4.78 is 5.40. The first-order valence-electron chi connectivity index (χ1n) is 8.78. The topological polar surface area (TPSA) is 79.6 Å². The highest BCUT2D eigenvalue weighted by Crippen LogP contribution is 2.36. The minimum atomic E-state index is 0.107. The third-order valence-electron chi connectivity index (χ3n) is 4.12. The number of fused-ring (bicyclic) bond motifs is 1. The van der Waals surface area contributed by atoms with E-state index in [-0.39, 0.29) is 5.75 Å². The van der Waals surface area contributed by atoms with Crippen LogP contribution in [0.2, 0.25) is 0 Å². The highest BCUT2D eigenvalue weighted by atomic mass is 32.1. The molecule has 0 aliphatic rings. The van der Waals surface area contributed by atoms with Crippen LogP contribution in [0.5, 0.6) is 11.5 Å². The summed E-state index contributed by atoms with van der Waals surface area (Å²) in [6.07, 6.45) is 3.18. The molecule has 0 saturated heterocycles. The number of ether oxygens (including phenoxy) is 1. The summed E-state index contributed by atoms with van der Waals surface area (Å²) in [5, 5.41) is 17.1. The van der Waals surface area contributed by atoms with E-state index < -0.39 is 0 Å². The number of hydrogen-bond acceptors (Lipinski definition) is 7. The first-order chi connectivity index (χ1) is 13.8. The summed E-state index contributed by atoms with van der Waals surface area (Å²) in [5.41, 5.74) is 6.00. The second kappa shape index (κ2) is 8.06. The SMILES string of the molecule is CCOc1cc(/C=N\Nc2ncnc3scc(-c4ccccc4)c23)ccc1O. The largest absolute Gasteiger partial charge is 0.504 e. The predicted octanol–water partition coefficient (Wildman–Crippen LogP) is 4.91. The van der Waals surface area contributed by atoms with E-state index in [2.05, 4.69) is 38.0 Å². The molecule has 7 heteroatoms. The number of benzene rings is 2. The molecule has 0 fully saturated rings. The number of phenolic OH excluding ortho intramolecular Hbond substituents is 1. The zero-order valence-electron chi connectivity index (χ0n) is 15.2. The Balaban J connectivity index is 1.63. The van der Waals surface area contributed by atoms with Gasteiger partial charge in [-0.05, 0) is 36.2 Å². The smallest absolute Gasteiger partial charge is 0.161 e. The lowest BCUT2D eigenvalue weighted by atomic mass is 10.1. The molecular weight excluding hydrogens is 372 g/mol. The summed E-state index contributed by atoms with van der Waals surface area (Å²) in [6.45, 7) is 2.35. The van der Waals surface area contributed by atoms with E-state index in [0.29, 0.717) is 18.2 Å². The van der Waals surface area contributed by atoms with Crippen molar-refractivity contribution >= 4 is 33.6 Å². The van der Waals surface area contributed by atoms with Crippen LogP contribution in [0.25, 0.3) is 21.3 Å². The van der Waals surface area contributed by atoms with Gasteiger partial charge in [-0.25, -0.2) is 9.97 Å². The van der Waals surface area contributed by atoms with Gasteiger partial charge in [-0.3, -0.25) is 5.43 Å². The van der Waals surface area contributed by atoms with Crippen molar-refractivity contribution in [1.29, 1.82) is 0 Å². The third kappa shape index (κ3) is 3.65. The van der Waals surface area contributed by atoms with Gasteiger partial charge in [0.2, 0.25) is 0 Å². The third-order valence-corrected chi connectivity index (χ3v) is 5.01. The Bertz CT molecular complexity index is 1130. The number of hydrazone groups is 1. The summed E-state index contributed by atoms with van der Waals surface area (Å²) in [5.74, 6) is 1.18. The fraction of sp³-hybridized carbons (Fsp3) is 0.0952. The van der Waals surface area contributed by atoms with Gasteiger partial charge in [0.1, 0.15) is 11.2 Å². The Morgan fingerprint density at radius 1 is 1.18 bits per heavy atom. The number of aromatic hydroxyl groups is 1. The van der Waals surface area contributed by atoms with Crippen LogP contribution in [-0.4, -0.2) is 27.9 Å². The van der Waals surface area contributed by atoms with Gasteiger partial charge in [-0.1, -0.05) is 30.3 Å². The lowest BCUT2D eigenvalue weighted by molar-refractivity contribution is 0.318. The van der Waals surface area contributed by atoms with Crippen molar-refractivity contribution in [3.05, 3.63) is 65.8 Å². The second-order valence-corrected chi connectivity index (χ2v) is 6.81. The molecule has 0 bridgehead atoms. The van der Waals surface area contributed by atoms with Crippen molar-refractivity contribution in [2.24, 2.45) is 5.10 Å². The molecule has 2 N–H and O–H groups in total. The Kier molecular flexibility index (Phi) is 5.16. The maximum Gasteiger partial charge on any atom is 0.161 e. The number of rotatable bonds is 6. The Hall–Kier alpha value is -3.45. The van der Waals surface area contributed by atoms with E-state index in [9.17, 15) is 5.11 Å². The van der Waals surface area contributed by atoms with E-state index in [4.69, 9.17) is 4.74 Å². The molecule has 4 aromatic rings. The van der Waals surface area contributed by atoms with Crippen LogP contribution in [0.3, 0.4) is 0 Å². The van der Waals surface area contributed by atoms with Gasteiger partial charge in [0.25, 0.3) is 0 Å². The maximum absolute atomic E-state index is 9.80. The number of nitrogens with zero attached hydrogens (tertiary/aromatic N) is 3. The number of anilines is 1. The summed E-state index contributed by atoms with van der Waals surface area (Å²) in [4.78, 5) is 9.63. The Morgan fingerprint density at radius 2 is 2.04 bits per heavy atom. The molecule has 28 heavy (non-hydrogen) atoms. The monoisotopic (exact) mass is 390 g/mol. The summed E-state index contributed by atoms with van der Waals surface area (Å²) >= 11 is 1.57. The molecule has 2 heterocycles. The van der Waals surface area contributed by atoms with Crippen LogP contribution in [-0.2, 0) is 0 Å². The number of phenols is 1. The molecule has 6 nitrogen and oxygen atoms in total. The van der Waals surface area contributed by atoms with Gasteiger partial charge in [-0.15, -0.1) is 11.3 Å². The quantitative estimate of drug-likeness (QED) is 0.361. The van der Waals surface area contributed by atoms with E-state index in [1.54, 1.807) is 35.8 Å². The highest BCUT2D eigenvalue weighted by Gasteiger charge is 2.12. The van der Waals surface area contributed by atoms with Crippen molar-refractivity contribution in [3.8, 4) is 22.6 Å². The predicted molar refractivity (Wildman–Crippen MR) is 113 cm³/mol. The number of aromatic nitrogens is 2. The number of thiophene rings is 1. The van der Waals surface area contributed by atoms with Gasteiger partial charge in [0.05, 0.1) is 18.2 Å². The molecule has 4 rings (SSSR count). The molecule has 0 saturated carbocycles. The Labute approximate surface area is 166 Å². The van der Waals surface area contributed by atoms with Gasteiger partial charge < -0.3 is 9.84 Å². The average Bonchev–Trinajstić information content (AvgIpc) is 3.16. The van der Waals surface area contributed by atoms with Crippen LogP contribution in [0.1, 0.15) is 12.5 Å². The van der Waals surface area contributed by atoms with Crippen molar-refractivity contribution in [2.75, 3.05) is 12.0 Å². The van der Waals surface area contributed by atoms with E-state index >= 15 is 0 Å². The van der Waals surface area contributed by atoms with E-state index in [0.717, 1.165) is 26.9 Å². The minimum absolute atomic E-state index is 0.107. The van der Waals surface area contributed by atoms with Crippen LogP contribution in [0.4, 0.5) is 5.82 Å². The summed E-state index contributed by atoms with van der Waals surface area (Å²) in [6, 6.07) is 15.2. The van der Waals surface area contributed by atoms with E-state index in [1.807, 2.05) is 25.1 Å². The van der Waals surface area contributed by atoms with Crippen molar-refractivity contribution in [3.63, 3.8) is 0 Å². The van der Waals surface area contributed by atoms with Crippen LogP contribution in [0.15, 0.2) is 65.3 Å². The molecule has 140 valence electrons. The fourth-order valence-corrected chi connectivity index (χ4v) is 3.76. The zero-order valence-corrected chi connectivity index (χ0v) is 16.0. The van der Waals surface area contributed by atoms with E-state index in [1.165, 1.54) is 6.33 Å². The second-order valence-electron chi connectivity index (χ2n) is 5.95. The Morgan fingerprint density at radius 3 is 2.86 bits per heavy atom. The standard InChI is InChI=1S/C21H18N4O2S/c1-2-27-18-10-14(8-9-17(18)26)11-24-25-20-19-16(15-6-4-3-5-7-15)12-28-21(19)23-13-22-20/h3-13,26H,2H2,1H3,(H,22,23,25)/b24-11-. The number of hydrogen-bond donors (Lipinski definition) is 2. The molecule has 2 aromatic heterocycles. The van der Waals surface area contributed by atoms with Crippen LogP contribution in [0, 0.1) is 0 Å². The van der Waals surface area contributed by atoms with Gasteiger partial charge in [-0.2, -0.15) is 5.10 Å². The van der Waals surface area contributed by atoms with Gasteiger partial charge >= 0.3 is 0 Å². The zero-order chi connectivity index (χ0) is 19.3. The maximum atomic E-state index is 9.80. The average molecular weight is 390 g/mol. The molecule has 0 radical (unpaired) electrons. The molecule has 0 spiro atoms. The molecule has 2 aromatic carbocycles. The minimum Gasteiger partial charge on any atom is -0.504 e. The summed E-state index contributed by atoms with van der Waals surface area (Å²) in [7, 11) is 0. The van der Waals surface area contributed by atoms with Gasteiger partial charge in [0, 0.05) is 10.9 Å². The first kappa shape index (κ1) is 17.9. The first-order valence-corrected chi connectivity index (χ1v) is 9.66. The molecule has 0 aliphatic carbocycles. The highest BCUT2D eigenvalue weighted by molar-refractivity contribution is 7.17. The van der Waals surface area contributed by atoms with Crippen molar-refractivity contribution in [2.45, 2.75) is 6.92 Å². The molecular formula is C21H18N4O2S. The van der Waals surface area contributed by atoms with Crippen molar-refractivity contribution < 1.29 is 9.84 Å². The lowest BCUT2D eigenvalue weighted by Gasteiger charge is -2.06.